The van der Waals surface area contributed by atoms with Gasteiger partial charge in [0.2, 0.25) is 5.95 Å². The molecule has 0 aliphatic heterocycles. The highest BCUT2D eigenvalue weighted by atomic mass is 16.2. The Morgan fingerprint density at radius 2 is 2.27 bits per heavy atom. The Labute approximate surface area is 85.4 Å². The lowest BCUT2D eigenvalue weighted by Crippen LogP contribution is -2.40. The summed E-state index contributed by atoms with van der Waals surface area (Å²) in [5.41, 5.74) is 7.52. The largest absolute Gasteiger partial charge is 0.350 e. The first-order chi connectivity index (χ1) is 6.91. The highest BCUT2D eigenvalue weighted by molar-refractivity contribution is 5.72. The van der Waals surface area contributed by atoms with E-state index in [4.69, 9.17) is 11.6 Å². The van der Waals surface area contributed by atoms with E-state index in [9.17, 15) is 9.59 Å². The maximum atomic E-state index is 11.2. The lowest BCUT2D eigenvalue weighted by Gasteiger charge is -2.17. The third kappa shape index (κ3) is 2.36. The van der Waals surface area contributed by atoms with Gasteiger partial charge in [-0.2, -0.15) is 4.68 Å². The van der Waals surface area contributed by atoms with Crippen LogP contribution in [0, 0.1) is 6.92 Å². The Hall–Kier alpha value is -2.25. The molecule has 82 valence electrons. The van der Waals surface area contributed by atoms with Crippen LogP contribution >= 0.6 is 0 Å². The topological polar surface area (TPSA) is 119 Å². The van der Waals surface area contributed by atoms with Crippen molar-refractivity contribution in [2.75, 3.05) is 18.3 Å². The molecule has 0 saturated heterocycles. The number of rotatable bonds is 2. The van der Waals surface area contributed by atoms with Gasteiger partial charge in [0.05, 0.1) is 0 Å². The first-order valence-corrected chi connectivity index (χ1v) is 4.07. The molecule has 0 saturated carbocycles. The van der Waals surface area contributed by atoms with Crippen LogP contribution in [-0.4, -0.2) is 27.7 Å². The van der Waals surface area contributed by atoms with Crippen LogP contribution in [0.25, 0.3) is 0 Å². The molecule has 0 atom stereocenters. The van der Waals surface area contributed by atoms with Crippen LogP contribution in [0.15, 0.2) is 10.9 Å². The van der Waals surface area contributed by atoms with Crippen molar-refractivity contribution < 1.29 is 4.79 Å². The molecule has 0 radical (unpaired) electrons. The van der Waals surface area contributed by atoms with Crippen LogP contribution in [0.5, 0.6) is 0 Å². The number of aryl methyl sites for hydroxylation is 1. The van der Waals surface area contributed by atoms with Crippen LogP contribution in [-0.2, 0) is 0 Å². The Morgan fingerprint density at radius 1 is 1.67 bits per heavy atom. The zero-order valence-electron chi connectivity index (χ0n) is 8.39. The maximum absolute atomic E-state index is 11.2. The second-order valence-electron chi connectivity index (χ2n) is 2.94. The number of hydrazine groups is 1. The molecule has 2 amide bonds. The van der Waals surface area contributed by atoms with E-state index in [1.807, 2.05) is 0 Å². The Morgan fingerprint density at radius 3 is 2.80 bits per heavy atom. The summed E-state index contributed by atoms with van der Waals surface area (Å²) in [7, 11) is 1.39. The van der Waals surface area contributed by atoms with Gasteiger partial charge in [-0.15, -0.1) is 0 Å². The molecule has 8 nitrogen and oxygen atoms in total. The normalized spacial score (nSPS) is 9.73. The summed E-state index contributed by atoms with van der Waals surface area (Å²) in [5, 5.41) is 0.963. The van der Waals surface area contributed by atoms with Gasteiger partial charge in [0, 0.05) is 18.8 Å². The van der Waals surface area contributed by atoms with Gasteiger partial charge in [-0.05, 0) is 6.92 Å². The van der Waals surface area contributed by atoms with Crippen LogP contribution in [0.2, 0.25) is 0 Å². The number of anilines is 1. The first kappa shape index (κ1) is 10.8. The summed E-state index contributed by atoms with van der Waals surface area (Å²) >= 11 is 0. The summed E-state index contributed by atoms with van der Waals surface area (Å²) in [6.45, 7) is 1.64. The van der Waals surface area contributed by atoms with E-state index in [-0.39, 0.29) is 5.95 Å². The van der Waals surface area contributed by atoms with Crippen molar-refractivity contribution >= 4 is 12.0 Å². The number of primary amides is 1. The number of amides is 2. The van der Waals surface area contributed by atoms with E-state index < -0.39 is 11.6 Å². The zero-order valence-corrected chi connectivity index (χ0v) is 8.39. The lowest BCUT2D eigenvalue weighted by atomic mass is 10.4. The van der Waals surface area contributed by atoms with Crippen molar-refractivity contribution in [3.8, 4) is 0 Å². The fraction of sp³-hybridized carbons (Fsp3) is 0.286. The van der Waals surface area contributed by atoms with E-state index >= 15 is 0 Å². The van der Waals surface area contributed by atoms with Crippen molar-refractivity contribution in [3.05, 3.63) is 22.1 Å². The number of carbonyl (C=O) groups excluding carboxylic acids is 1. The summed E-state index contributed by atoms with van der Waals surface area (Å²) < 4.78 is 0.784. The number of nitrogens with zero attached hydrogens (tertiary/aromatic N) is 3. The smallest absolute Gasteiger partial charge is 0.333 e. The highest BCUT2D eigenvalue weighted by Crippen LogP contribution is 1.98. The monoisotopic (exact) mass is 212 g/mol. The molecule has 5 N–H and O–H groups in total. The van der Waals surface area contributed by atoms with Gasteiger partial charge in [0.1, 0.15) is 0 Å². The summed E-state index contributed by atoms with van der Waals surface area (Å²) in [5.74, 6) is 5.44. The fourth-order valence-corrected chi connectivity index (χ4v) is 0.890. The number of hydrogen-bond acceptors (Lipinski definition) is 5. The highest BCUT2D eigenvalue weighted by Gasteiger charge is 2.08. The van der Waals surface area contributed by atoms with Gasteiger partial charge >= 0.3 is 6.03 Å². The van der Waals surface area contributed by atoms with Gasteiger partial charge in [-0.25, -0.2) is 14.8 Å². The molecule has 15 heavy (non-hydrogen) atoms. The van der Waals surface area contributed by atoms with E-state index in [1.165, 1.54) is 13.1 Å². The van der Waals surface area contributed by atoms with Crippen molar-refractivity contribution in [1.29, 1.82) is 0 Å². The second-order valence-corrected chi connectivity index (χ2v) is 2.94. The van der Waals surface area contributed by atoms with E-state index in [1.54, 1.807) is 6.92 Å². The number of carbonyl (C=O) groups is 1. The number of nitrogens with one attached hydrogen (secondary N) is 1. The first-order valence-electron chi connectivity index (χ1n) is 4.07. The van der Waals surface area contributed by atoms with E-state index in [2.05, 4.69) is 10.4 Å². The van der Waals surface area contributed by atoms with Crippen LogP contribution in [0.3, 0.4) is 0 Å². The number of nitrogens with two attached hydrogens (primary N) is 2. The van der Waals surface area contributed by atoms with E-state index in [0.717, 1.165) is 9.69 Å². The Bertz CT molecular complexity index is 440. The second kappa shape index (κ2) is 3.86. The molecule has 0 fully saturated rings. The minimum Gasteiger partial charge on any atom is -0.350 e. The van der Waals surface area contributed by atoms with Gasteiger partial charge < -0.3 is 11.6 Å². The van der Waals surface area contributed by atoms with Crippen LogP contribution < -0.4 is 22.6 Å². The standard InChI is InChI=1S/C7H12N6O2/c1-4-3-5(14)13(9)7(10-4)11-12(2)6(8)15/h3H,9H2,1-2H3,(H2,8,15)(H,10,11). The van der Waals surface area contributed by atoms with Gasteiger partial charge in [0.15, 0.2) is 0 Å². The van der Waals surface area contributed by atoms with Crippen molar-refractivity contribution in [1.82, 2.24) is 14.7 Å². The minimum absolute atomic E-state index is 0.0429. The molecule has 0 unspecified atom stereocenters. The van der Waals surface area contributed by atoms with Crippen molar-refractivity contribution in [2.45, 2.75) is 6.92 Å². The molecule has 8 heteroatoms. The molecule has 1 aromatic rings. The van der Waals surface area contributed by atoms with Gasteiger partial charge in [0.25, 0.3) is 5.56 Å². The molecule has 0 aromatic carbocycles. The van der Waals surface area contributed by atoms with Crippen molar-refractivity contribution in [3.63, 3.8) is 0 Å². The molecule has 0 aliphatic carbocycles. The molecule has 0 spiro atoms. The molecule has 1 heterocycles. The predicted molar refractivity (Wildman–Crippen MR) is 54.4 cm³/mol. The molecule has 0 aliphatic rings. The fourth-order valence-electron chi connectivity index (χ4n) is 0.890. The average Bonchev–Trinajstić information content (AvgIpc) is 2.13. The predicted octanol–water partition coefficient (Wildman–Crippen LogP) is -1.40. The lowest BCUT2D eigenvalue weighted by molar-refractivity contribution is 0.226. The number of hydrogen-bond donors (Lipinski definition) is 3. The third-order valence-electron chi connectivity index (χ3n) is 1.68. The molecular weight excluding hydrogens is 200 g/mol. The maximum Gasteiger partial charge on any atom is 0.333 e. The number of nitrogen functional groups attached to an aromatic ring is 1. The Kier molecular flexibility index (Phi) is 2.79. The van der Waals surface area contributed by atoms with Crippen molar-refractivity contribution in [2.24, 2.45) is 5.73 Å². The number of aromatic nitrogens is 2. The van der Waals surface area contributed by atoms with E-state index in [0.29, 0.717) is 5.69 Å². The molecule has 1 rings (SSSR count). The summed E-state index contributed by atoms with van der Waals surface area (Å²) in [4.78, 5) is 25.9. The summed E-state index contributed by atoms with van der Waals surface area (Å²) in [6, 6.07) is 0.556. The third-order valence-corrected chi connectivity index (χ3v) is 1.68. The van der Waals surface area contributed by atoms with Gasteiger partial charge in [-0.1, -0.05) is 0 Å². The quantitative estimate of drug-likeness (QED) is 0.411. The summed E-state index contributed by atoms with van der Waals surface area (Å²) in [6.07, 6.45) is 0. The molecule has 0 bridgehead atoms. The SMILES string of the molecule is Cc1cc(=O)n(N)c(NN(C)C(N)=O)n1. The zero-order chi connectivity index (χ0) is 11.6. The number of urea groups is 1. The van der Waals surface area contributed by atoms with Gasteiger partial charge in [-0.3, -0.25) is 10.2 Å². The minimum atomic E-state index is -0.717. The molecule has 1 aromatic heterocycles. The van der Waals surface area contributed by atoms with Crippen LogP contribution in [0.1, 0.15) is 5.69 Å². The average molecular weight is 212 g/mol. The van der Waals surface area contributed by atoms with Crippen LogP contribution in [0.4, 0.5) is 10.7 Å². The molecular formula is C7H12N6O2. The Balaban J connectivity index is 3.05.